The van der Waals surface area contributed by atoms with Crippen LogP contribution in [0.2, 0.25) is 5.15 Å². The first-order valence-electron chi connectivity index (χ1n) is 4.44. The largest absolute Gasteiger partial charge is 0.256 e. The van der Waals surface area contributed by atoms with Crippen molar-refractivity contribution < 1.29 is 8.42 Å². The Morgan fingerprint density at radius 2 is 2.07 bits per heavy atom. The first kappa shape index (κ1) is 12.5. The second-order valence-corrected chi connectivity index (χ2v) is 5.71. The van der Waals surface area contributed by atoms with Crippen LogP contribution in [0.1, 0.15) is 31.0 Å². The van der Waals surface area contributed by atoms with Crippen molar-refractivity contribution in [1.29, 1.82) is 0 Å². The molecule has 0 aromatic carbocycles. The molecule has 0 aliphatic heterocycles. The molecular formula is C8H14ClN3O2S. The van der Waals surface area contributed by atoms with Gasteiger partial charge in [-0.2, -0.15) is 5.10 Å². The zero-order valence-electron chi connectivity index (χ0n) is 8.86. The predicted octanol–water partition coefficient (Wildman–Crippen LogP) is 0.985. The molecule has 0 aliphatic rings. The SMILES string of the molecule is CC(C)c1nn(C)c(Cl)c1CS(N)(=O)=O. The molecule has 1 heterocycles. The second kappa shape index (κ2) is 4.11. The van der Waals surface area contributed by atoms with E-state index in [4.69, 9.17) is 16.7 Å². The summed E-state index contributed by atoms with van der Waals surface area (Å²) in [6.45, 7) is 3.84. The normalized spacial score (nSPS) is 12.4. The van der Waals surface area contributed by atoms with Gasteiger partial charge in [0, 0.05) is 12.6 Å². The van der Waals surface area contributed by atoms with Crippen LogP contribution in [0.3, 0.4) is 0 Å². The fraction of sp³-hybridized carbons (Fsp3) is 0.625. The van der Waals surface area contributed by atoms with Crippen LogP contribution in [0, 0.1) is 0 Å². The molecule has 0 fully saturated rings. The quantitative estimate of drug-likeness (QED) is 0.870. The van der Waals surface area contributed by atoms with Crippen LogP contribution in [0.4, 0.5) is 0 Å². The van der Waals surface area contributed by atoms with Gasteiger partial charge >= 0.3 is 0 Å². The van der Waals surface area contributed by atoms with Crippen molar-refractivity contribution >= 4 is 21.6 Å². The maximum atomic E-state index is 11.0. The topological polar surface area (TPSA) is 78.0 Å². The van der Waals surface area contributed by atoms with Crippen molar-refractivity contribution in [3.8, 4) is 0 Å². The highest BCUT2D eigenvalue weighted by molar-refractivity contribution is 7.88. The number of nitrogens with zero attached hydrogens (tertiary/aromatic N) is 2. The lowest BCUT2D eigenvalue weighted by Gasteiger charge is -2.03. The van der Waals surface area contributed by atoms with Crippen LogP contribution < -0.4 is 5.14 Å². The highest BCUT2D eigenvalue weighted by Crippen LogP contribution is 2.26. The van der Waals surface area contributed by atoms with E-state index < -0.39 is 10.0 Å². The molecule has 2 N–H and O–H groups in total. The van der Waals surface area contributed by atoms with Crippen LogP contribution in [-0.4, -0.2) is 18.2 Å². The predicted molar refractivity (Wildman–Crippen MR) is 59.1 cm³/mol. The van der Waals surface area contributed by atoms with E-state index in [-0.39, 0.29) is 11.7 Å². The number of aromatic nitrogens is 2. The highest BCUT2D eigenvalue weighted by Gasteiger charge is 2.20. The van der Waals surface area contributed by atoms with Crippen molar-refractivity contribution in [3.63, 3.8) is 0 Å². The minimum absolute atomic E-state index is 0.112. The lowest BCUT2D eigenvalue weighted by molar-refractivity contribution is 0.596. The van der Waals surface area contributed by atoms with Crippen LogP contribution >= 0.6 is 11.6 Å². The summed E-state index contributed by atoms with van der Waals surface area (Å²) in [6.07, 6.45) is 0. The number of hydrogen-bond acceptors (Lipinski definition) is 3. The Bertz CT molecular complexity index is 464. The lowest BCUT2D eigenvalue weighted by Crippen LogP contribution is -2.15. The Labute approximate surface area is 94.3 Å². The Kier molecular flexibility index (Phi) is 3.42. The molecule has 0 spiro atoms. The van der Waals surface area contributed by atoms with Gasteiger partial charge in [-0.3, -0.25) is 4.68 Å². The van der Waals surface area contributed by atoms with Crippen LogP contribution in [0.5, 0.6) is 0 Å². The molecule has 5 nitrogen and oxygen atoms in total. The van der Waals surface area contributed by atoms with Gasteiger partial charge in [0.2, 0.25) is 10.0 Å². The molecule has 0 bridgehead atoms. The molecule has 1 aromatic heterocycles. The molecule has 1 aromatic rings. The van der Waals surface area contributed by atoms with Crippen LogP contribution in [0.25, 0.3) is 0 Å². The fourth-order valence-electron chi connectivity index (χ4n) is 1.37. The summed E-state index contributed by atoms with van der Waals surface area (Å²) in [5.41, 5.74) is 1.17. The van der Waals surface area contributed by atoms with E-state index in [0.29, 0.717) is 16.4 Å². The number of primary sulfonamides is 1. The van der Waals surface area contributed by atoms with E-state index in [2.05, 4.69) is 5.10 Å². The first-order valence-corrected chi connectivity index (χ1v) is 6.53. The molecule has 0 atom stereocenters. The standard InChI is InChI=1S/C8H14ClN3O2S/c1-5(2)7-6(4-15(10,13)14)8(9)12(3)11-7/h5H,4H2,1-3H3,(H2,10,13,14). The van der Waals surface area contributed by atoms with E-state index in [1.165, 1.54) is 4.68 Å². The molecule has 7 heteroatoms. The average molecular weight is 252 g/mol. The number of hydrogen-bond donors (Lipinski definition) is 1. The van der Waals surface area contributed by atoms with Crippen molar-refractivity contribution in [1.82, 2.24) is 9.78 Å². The molecule has 1 rings (SSSR count). The van der Waals surface area contributed by atoms with Gasteiger partial charge in [-0.25, -0.2) is 13.6 Å². The molecule has 0 aliphatic carbocycles. The van der Waals surface area contributed by atoms with Crippen molar-refractivity contribution in [2.75, 3.05) is 0 Å². The lowest BCUT2D eigenvalue weighted by atomic mass is 10.1. The van der Waals surface area contributed by atoms with Crippen LogP contribution in [-0.2, 0) is 22.8 Å². The number of sulfonamides is 1. The van der Waals surface area contributed by atoms with Gasteiger partial charge in [-0.15, -0.1) is 0 Å². The molecule has 0 unspecified atom stereocenters. The maximum Gasteiger partial charge on any atom is 0.213 e. The zero-order chi connectivity index (χ0) is 11.8. The summed E-state index contributed by atoms with van der Waals surface area (Å²) in [5.74, 6) is -0.159. The summed E-state index contributed by atoms with van der Waals surface area (Å²) in [6, 6.07) is 0. The third-order valence-corrected chi connectivity index (χ3v) is 3.16. The smallest absolute Gasteiger partial charge is 0.213 e. The molecular weight excluding hydrogens is 238 g/mol. The summed E-state index contributed by atoms with van der Waals surface area (Å²) >= 11 is 5.94. The van der Waals surface area contributed by atoms with Crippen molar-refractivity contribution in [2.24, 2.45) is 12.2 Å². The average Bonchev–Trinajstić information content (AvgIpc) is 2.30. The maximum absolute atomic E-state index is 11.0. The first-order chi connectivity index (χ1) is 6.72. The van der Waals surface area contributed by atoms with Gasteiger partial charge in [0.1, 0.15) is 5.15 Å². The van der Waals surface area contributed by atoms with Crippen molar-refractivity contribution in [2.45, 2.75) is 25.5 Å². The van der Waals surface area contributed by atoms with Gasteiger partial charge in [-0.05, 0) is 5.92 Å². The van der Waals surface area contributed by atoms with E-state index in [9.17, 15) is 8.42 Å². The van der Waals surface area contributed by atoms with E-state index in [0.717, 1.165) is 0 Å². The number of rotatable bonds is 3. The molecule has 0 radical (unpaired) electrons. The third-order valence-electron chi connectivity index (χ3n) is 1.99. The zero-order valence-corrected chi connectivity index (χ0v) is 10.4. The van der Waals surface area contributed by atoms with E-state index in [1.807, 2.05) is 13.8 Å². The summed E-state index contributed by atoms with van der Waals surface area (Å²) in [4.78, 5) is 0. The van der Waals surface area contributed by atoms with Gasteiger partial charge in [0.15, 0.2) is 0 Å². The summed E-state index contributed by atoms with van der Waals surface area (Å²) in [7, 11) is -1.91. The summed E-state index contributed by atoms with van der Waals surface area (Å²) in [5, 5.41) is 9.48. The second-order valence-electron chi connectivity index (χ2n) is 3.74. The number of nitrogens with two attached hydrogens (primary N) is 1. The van der Waals surface area contributed by atoms with Crippen molar-refractivity contribution in [3.05, 3.63) is 16.4 Å². The minimum Gasteiger partial charge on any atom is -0.256 e. The minimum atomic E-state index is -3.58. The Hall–Kier alpha value is -0.590. The molecule has 0 saturated heterocycles. The van der Waals surface area contributed by atoms with Gasteiger partial charge in [0.05, 0.1) is 11.4 Å². The van der Waals surface area contributed by atoms with E-state index >= 15 is 0 Å². The van der Waals surface area contributed by atoms with Gasteiger partial charge in [-0.1, -0.05) is 25.4 Å². The Morgan fingerprint density at radius 3 is 2.47 bits per heavy atom. The molecule has 15 heavy (non-hydrogen) atoms. The number of halogens is 1. The highest BCUT2D eigenvalue weighted by atomic mass is 35.5. The number of aryl methyl sites for hydroxylation is 1. The summed E-state index contributed by atoms with van der Waals surface area (Å²) < 4.78 is 23.5. The fourth-order valence-corrected chi connectivity index (χ4v) is 2.33. The van der Waals surface area contributed by atoms with Gasteiger partial charge < -0.3 is 0 Å². The molecule has 86 valence electrons. The monoisotopic (exact) mass is 251 g/mol. The molecule has 0 amide bonds. The van der Waals surface area contributed by atoms with Gasteiger partial charge in [0.25, 0.3) is 0 Å². The third kappa shape index (κ3) is 2.93. The van der Waals surface area contributed by atoms with Crippen LogP contribution in [0.15, 0.2) is 0 Å². The molecule has 0 saturated carbocycles. The Balaban J connectivity index is 3.26. The van der Waals surface area contributed by atoms with E-state index in [1.54, 1.807) is 7.05 Å². The Morgan fingerprint density at radius 1 is 1.53 bits per heavy atom.